The molecule has 1 aliphatic rings. The zero-order chi connectivity index (χ0) is 18.2. The molecule has 0 spiro atoms. The van der Waals surface area contributed by atoms with Crippen LogP contribution < -0.4 is 0 Å². The molecule has 0 amide bonds. The summed E-state index contributed by atoms with van der Waals surface area (Å²) in [6.45, 7) is 8.79. The molecule has 1 N–H and O–H groups in total. The molecule has 138 valence electrons. The largest absolute Gasteiger partial charge is 0.465 e. The summed E-state index contributed by atoms with van der Waals surface area (Å²) >= 11 is 0. The number of aliphatic hydroxyl groups excluding tert-OH is 1. The van der Waals surface area contributed by atoms with Crippen LogP contribution in [0.1, 0.15) is 25.8 Å². The Hall–Kier alpha value is -1.69. The summed E-state index contributed by atoms with van der Waals surface area (Å²) in [7, 11) is 0. The zero-order valence-corrected chi connectivity index (χ0v) is 15.0. The molecular weight excluding hydrogens is 320 g/mol. The fourth-order valence-electron chi connectivity index (χ4n) is 3.10. The van der Waals surface area contributed by atoms with E-state index in [2.05, 4.69) is 6.58 Å². The average molecular weight is 348 g/mol. The standard InChI is InChI=1S/C20H28O5/c1-14(2)18(13-24-15(3)22)17(20-19(11-21)25-20)9-10-23-12-16-7-5-4-6-8-16/h4-8,17-21H,1,9-13H2,2-3H3/t17-,18+,19+,20+/m0/s1. The maximum atomic E-state index is 11.2. The summed E-state index contributed by atoms with van der Waals surface area (Å²) < 4.78 is 16.6. The van der Waals surface area contributed by atoms with Gasteiger partial charge in [-0.1, -0.05) is 42.5 Å². The van der Waals surface area contributed by atoms with E-state index in [1.165, 1.54) is 6.92 Å². The highest BCUT2D eigenvalue weighted by Crippen LogP contribution is 2.38. The SMILES string of the molecule is C=C(C)[C@@H](COC(C)=O)[C@H](CCOCc1ccccc1)[C@H]1O[C@@H]1CO. The number of esters is 1. The number of rotatable bonds is 11. The highest BCUT2D eigenvalue weighted by molar-refractivity contribution is 5.65. The molecule has 1 heterocycles. The smallest absolute Gasteiger partial charge is 0.302 e. The summed E-state index contributed by atoms with van der Waals surface area (Å²) in [4.78, 5) is 11.2. The molecule has 5 nitrogen and oxygen atoms in total. The van der Waals surface area contributed by atoms with Crippen molar-refractivity contribution in [2.75, 3.05) is 19.8 Å². The first-order valence-electron chi connectivity index (χ1n) is 8.69. The number of benzene rings is 1. The Bertz CT molecular complexity index is 556. The summed E-state index contributed by atoms with van der Waals surface area (Å²) in [6, 6.07) is 10.0. The van der Waals surface area contributed by atoms with Crippen LogP contribution in [-0.4, -0.2) is 43.1 Å². The number of carbonyl (C=O) groups is 1. The zero-order valence-electron chi connectivity index (χ0n) is 15.0. The highest BCUT2D eigenvalue weighted by atomic mass is 16.6. The van der Waals surface area contributed by atoms with Gasteiger partial charge in [-0.25, -0.2) is 0 Å². The van der Waals surface area contributed by atoms with Crippen molar-refractivity contribution < 1.29 is 24.1 Å². The van der Waals surface area contributed by atoms with Crippen LogP contribution in [0, 0.1) is 11.8 Å². The van der Waals surface area contributed by atoms with Crippen molar-refractivity contribution >= 4 is 5.97 Å². The lowest BCUT2D eigenvalue weighted by Crippen LogP contribution is -2.29. The number of hydrogen-bond acceptors (Lipinski definition) is 5. The molecule has 5 heteroatoms. The molecule has 1 fully saturated rings. The van der Waals surface area contributed by atoms with E-state index in [0.29, 0.717) is 13.2 Å². The molecule has 2 rings (SSSR count). The first kappa shape index (κ1) is 19.6. The van der Waals surface area contributed by atoms with E-state index in [0.717, 1.165) is 17.6 Å². The summed E-state index contributed by atoms with van der Waals surface area (Å²) in [5, 5.41) is 9.32. The third kappa shape index (κ3) is 6.27. The van der Waals surface area contributed by atoms with Crippen molar-refractivity contribution in [3.05, 3.63) is 48.0 Å². The van der Waals surface area contributed by atoms with Gasteiger partial charge in [-0.3, -0.25) is 4.79 Å². The molecule has 0 saturated carbocycles. The van der Waals surface area contributed by atoms with Crippen molar-refractivity contribution in [1.29, 1.82) is 0 Å². The van der Waals surface area contributed by atoms with Crippen molar-refractivity contribution in [2.24, 2.45) is 11.8 Å². The third-order valence-electron chi connectivity index (χ3n) is 4.55. The molecule has 0 radical (unpaired) electrons. The second kappa shape index (κ2) is 9.70. The quantitative estimate of drug-likeness (QED) is 0.288. The molecule has 1 saturated heterocycles. The van der Waals surface area contributed by atoms with Gasteiger partial charge in [-0.2, -0.15) is 0 Å². The second-order valence-corrected chi connectivity index (χ2v) is 6.57. The van der Waals surface area contributed by atoms with Crippen LogP contribution in [0.15, 0.2) is 42.5 Å². The molecule has 1 aromatic rings. The lowest BCUT2D eigenvalue weighted by molar-refractivity contribution is -0.142. The van der Waals surface area contributed by atoms with Crippen molar-refractivity contribution in [3.63, 3.8) is 0 Å². The van der Waals surface area contributed by atoms with Gasteiger partial charge >= 0.3 is 5.97 Å². The first-order valence-corrected chi connectivity index (χ1v) is 8.69. The molecule has 1 aliphatic heterocycles. The molecule has 4 atom stereocenters. The highest BCUT2D eigenvalue weighted by Gasteiger charge is 2.47. The van der Waals surface area contributed by atoms with Crippen LogP contribution >= 0.6 is 0 Å². The Morgan fingerprint density at radius 1 is 1.32 bits per heavy atom. The van der Waals surface area contributed by atoms with Gasteiger partial charge < -0.3 is 19.3 Å². The van der Waals surface area contributed by atoms with Crippen LogP contribution in [0.5, 0.6) is 0 Å². The van der Waals surface area contributed by atoms with Gasteiger partial charge in [-0.15, -0.1) is 0 Å². The number of aliphatic hydroxyl groups is 1. The minimum absolute atomic E-state index is 0.00250. The lowest BCUT2D eigenvalue weighted by atomic mass is 9.82. The maximum absolute atomic E-state index is 11.2. The third-order valence-corrected chi connectivity index (χ3v) is 4.55. The predicted octanol–water partition coefficient (Wildman–Crippen LogP) is 2.72. The Balaban J connectivity index is 1.90. The van der Waals surface area contributed by atoms with E-state index in [1.807, 2.05) is 37.3 Å². The molecule has 0 aliphatic carbocycles. The topological polar surface area (TPSA) is 68.3 Å². The fraction of sp³-hybridized carbons (Fsp3) is 0.550. The van der Waals surface area contributed by atoms with Gasteiger partial charge in [-0.05, 0) is 24.8 Å². The minimum Gasteiger partial charge on any atom is -0.465 e. The van der Waals surface area contributed by atoms with Crippen LogP contribution in [-0.2, 0) is 25.6 Å². The maximum Gasteiger partial charge on any atom is 0.302 e. The molecule has 0 unspecified atom stereocenters. The van der Waals surface area contributed by atoms with Gasteiger partial charge in [0.25, 0.3) is 0 Å². The van der Waals surface area contributed by atoms with Crippen molar-refractivity contribution in [2.45, 2.75) is 39.1 Å². The summed E-state index contributed by atoms with van der Waals surface area (Å²) in [5.74, 6) is -0.212. The van der Waals surface area contributed by atoms with E-state index < -0.39 is 0 Å². The van der Waals surface area contributed by atoms with Crippen LogP contribution in [0.25, 0.3) is 0 Å². The van der Waals surface area contributed by atoms with E-state index in [4.69, 9.17) is 14.2 Å². The van der Waals surface area contributed by atoms with Crippen LogP contribution in [0.2, 0.25) is 0 Å². The van der Waals surface area contributed by atoms with E-state index in [-0.39, 0.29) is 43.2 Å². The van der Waals surface area contributed by atoms with Crippen LogP contribution in [0.4, 0.5) is 0 Å². The number of epoxide rings is 1. The summed E-state index contributed by atoms with van der Waals surface area (Å²) in [6.07, 6.45) is 0.577. The second-order valence-electron chi connectivity index (χ2n) is 6.57. The fourth-order valence-corrected chi connectivity index (χ4v) is 3.10. The number of carbonyl (C=O) groups excluding carboxylic acids is 1. The Morgan fingerprint density at radius 2 is 2.04 bits per heavy atom. The number of hydrogen-bond donors (Lipinski definition) is 1. The van der Waals surface area contributed by atoms with Crippen molar-refractivity contribution in [3.8, 4) is 0 Å². The monoisotopic (exact) mass is 348 g/mol. The van der Waals surface area contributed by atoms with Crippen molar-refractivity contribution in [1.82, 2.24) is 0 Å². The summed E-state index contributed by atoms with van der Waals surface area (Å²) in [5.41, 5.74) is 2.08. The van der Waals surface area contributed by atoms with Gasteiger partial charge in [0.2, 0.25) is 0 Å². The average Bonchev–Trinajstić information content (AvgIpc) is 3.36. The molecule has 25 heavy (non-hydrogen) atoms. The van der Waals surface area contributed by atoms with E-state index in [9.17, 15) is 9.90 Å². The van der Waals surface area contributed by atoms with Gasteiger partial charge in [0.1, 0.15) is 6.10 Å². The molecular formula is C20H28O5. The van der Waals surface area contributed by atoms with Gasteiger partial charge in [0, 0.05) is 19.4 Å². The van der Waals surface area contributed by atoms with Gasteiger partial charge in [0.05, 0.1) is 25.9 Å². The predicted molar refractivity (Wildman–Crippen MR) is 94.9 cm³/mol. The Labute approximate surface area is 149 Å². The van der Waals surface area contributed by atoms with E-state index in [1.54, 1.807) is 0 Å². The van der Waals surface area contributed by atoms with Crippen LogP contribution in [0.3, 0.4) is 0 Å². The molecule has 1 aromatic carbocycles. The van der Waals surface area contributed by atoms with E-state index >= 15 is 0 Å². The Morgan fingerprint density at radius 3 is 2.60 bits per heavy atom. The molecule has 0 aromatic heterocycles. The molecule has 0 bridgehead atoms. The lowest BCUT2D eigenvalue weighted by Gasteiger charge is -2.26. The van der Waals surface area contributed by atoms with Gasteiger partial charge in [0.15, 0.2) is 0 Å². The Kier molecular flexibility index (Phi) is 7.62. The normalized spacial score (nSPS) is 21.4. The minimum atomic E-state index is -0.305. The first-order chi connectivity index (χ1) is 12.0. The number of ether oxygens (including phenoxy) is 3.